The van der Waals surface area contributed by atoms with Gasteiger partial charge in [-0.1, -0.05) is 50.3 Å². The van der Waals surface area contributed by atoms with Gasteiger partial charge in [0.1, 0.15) is 38.3 Å². The zero-order chi connectivity index (χ0) is 45.8. The first-order valence-corrected chi connectivity index (χ1v) is 24.7. The lowest BCUT2D eigenvalue weighted by Crippen LogP contribution is -2.28. The Hall–Kier alpha value is -5.53. The first kappa shape index (κ1) is 45.1. The van der Waals surface area contributed by atoms with E-state index >= 15 is 0 Å². The van der Waals surface area contributed by atoms with Crippen LogP contribution in [0, 0.1) is 0 Å². The molecule has 13 heteroatoms. The Labute approximate surface area is 381 Å². The second-order valence-corrected chi connectivity index (χ2v) is 20.4. The molecule has 10 nitrogen and oxygen atoms in total. The maximum Gasteiger partial charge on any atom is 0.210 e. The quantitative estimate of drug-likeness (QED) is 0.0517. The summed E-state index contributed by atoms with van der Waals surface area (Å²) in [6.07, 6.45) is 12.0. The summed E-state index contributed by atoms with van der Waals surface area (Å²) in [7, 11) is -9.22. The molecular formula is C51H50N3O7S3-. The van der Waals surface area contributed by atoms with Gasteiger partial charge in [0, 0.05) is 41.1 Å². The lowest BCUT2D eigenvalue weighted by Gasteiger charge is -2.27. The topological polar surface area (TPSA) is 142 Å². The van der Waals surface area contributed by atoms with E-state index in [9.17, 15) is 25.9 Å². The number of hydrogen-bond donors (Lipinski definition) is 0. The lowest BCUT2D eigenvalue weighted by molar-refractivity contribution is -0.433. The van der Waals surface area contributed by atoms with Crippen molar-refractivity contribution in [3.8, 4) is 5.75 Å². The second-order valence-electron chi connectivity index (χ2n) is 17.5. The minimum Gasteiger partial charge on any atom is -0.744 e. The number of anilines is 1. The summed E-state index contributed by atoms with van der Waals surface area (Å²) in [4.78, 5) is 5.87. The highest BCUT2D eigenvalue weighted by atomic mass is 32.2. The van der Waals surface area contributed by atoms with Crippen LogP contribution in [0.25, 0.3) is 21.5 Å². The Kier molecular flexibility index (Phi) is 12.1. The van der Waals surface area contributed by atoms with Gasteiger partial charge < -0.3 is 18.7 Å². The van der Waals surface area contributed by atoms with Gasteiger partial charge in [0.15, 0.2) is 5.71 Å². The number of rotatable bonds is 12. The lowest BCUT2D eigenvalue weighted by atomic mass is 9.78. The van der Waals surface area contributed by atoms with Crippen molar-refractivity contribution in [2.45, 2.75) is 87.8 Å². The van der Waals surface area contributed by atoms with E-state index in [4.69, 9.17) is 17.0 Å². The van der Waals surface area contributed by atoms with Crippen molar-refractivity contribution in [1.82, 2.24) is 0 Å². The van der Waals surface area contributed by atoms with Crippen molar-refractivity contribution in [1.29, 1.82) is 0 Å². The molecule has 8 rings (SSSR count). The SMILES string of the molecule is CCN1/C(=C/C=C2\CCCC(/C=C/C3=[N+](CC)c4ccc5cc(S(=O)(=O)[O-])ccc5c4C3(C)C)=C2Oc2ccc(CCN=C=S)cc2)C(C)(C)c2c1ccc1cc(S(=O)(=O)[O-])ccc21. The van der Waals surface area contributed by atoms with Crippen LogP contribution < -0.4 is 9.64 Å². The number of nitrogens with zero attached hydrogens (tertiary/aromatic N) is 3. The summed E-state index contributed by atoms with van der Waals surface area (Å²) >= 11 is 4.75. The van der Waals surface area contributed by atoms with Gasteiger partial charge in [-0.15, -0.1) is 0 Å². The van der Waals surface area contributed by atoms with Crippen molar-refractivity contribution in [2.75, 3.05) is 24.5 Å². The average molecular weight is 913 g/mol. The van der Waals surface area contributed by atoms with Crippen LogP contribution >= 0.6 is 12.2 Å². The van der Waals surface area contributed by atoms with Crippen molar-refractivity contribution in [3.05, 3.63) is 149 Å². The van der Waals surface area contributed by atoms with Crippen molar-refractivity contribution in [3.63, 3.8) is 0 Å². The smallest absolute Gasteiger partial charge is 0.210 e. The molecule has 0 unspecified atom stereocenters. The molecule has 64 heavy (non-hydrogen) atoms. The second kappa shape index (κ2) is 17.1. The highest BCUT2D eigenvalue weighted by molar-refractivity contribution is 7.86. The first-order chi connectivity index (χ1) is 30.4. The number of ether oxygens (including phenoxy) is 1. The number of isothiocyanates is 1. The Morgan fingerprint density at radius 1 is 0.797 bits per heavy atom. The number of aliphatic imine (C=N–C) groups is 1. The number of likely N-dealkylation sites (N-methyl/N-ethyl adjacent to an activating group) is 1. The van der Waals surface area contributed by atoms with Crippen LogP contribution in [-0.4, -0.2) is 61.0 Å². The van der Waals surface area contributed by atoms with Gasteiger partial charge in [0.25, 0.3) is 0 Å². The number of fused-ring (bicyclic) bond motifs is 6. The van der Waals surface area contributed by atoms with E-state index in [0.717, 1.165) is 92.8 Å². The van der Waals surface area contributed by atoms with E-state index in [2.05, 4.69) is 85.5 Å². The molecule has 2 aliphatic heterocycles. The Bertz CT molecular complexity index is 3190. The third-order valence-corrected chi connectivity index (χ3v) is 14.7. The fourth-order valence-electron chi connectivity index (χ4n) is 9.92. The minimum atomic E-state index is -4.61. The normalized spacial score (nSPS) is 18.4. The van der Waals surface area contributed by atoms with Crippen LogP contribution in [0.5, 0.6) is 5.75 Å². The largest absolute Gasteiger partial charge is 0.744 e. The minimum absolute atomic E-state index is 0.245. The van der Waals surface area contributed by atoms with Gasteiger partial charge in [0.2, 0.25) is 5.69 Å². The number of thiocarbonyl (C=S) groups is 1. The molecule has 0 amide bonds. The van der Waals surface area contributed by atoms with Crippen LogP contribution in [-0.2, 0) is 37.5 Å². The molecule has 1 aliphatic carbocycles. The van der Waals surface area contributed by atoms with Crippen LogP contribution in [0.1, 0.15) is 77.5 Å². The molecule has 0 aromatic heterocycles. The first-order valence-electron chi connectivity index (χ1n) is 21.5. The standard InChI is InChI=1S/C51H51N3O7S3/c1-7-53-43-24-14-36-30-39(63(55,56)57)20-22-41(36)47(43)50(3,4)45(53)26-16-34-10-9-11-35(49(34)61-38-18-12-33(13-19-38)28-29-52-32-62)17-27-46-51(5,6)48-42-23-21-40(64(58,59)60)31-37(42)15-25-44(48)54(46)8-2/h12-27,30-31H,7-11,28-29H2,1-6H3,(H-,55,56,57,58,59,60)/p-1. The molecule has 2 heterocycles. The van der Waals surface area contributed by atoms with E-state index in [0.29, 0.717) is 36.2 Å². The molecule has 0 saturated carbocycles. The molecular weight excluding hydrogens is 863 g/mol. The van der Waals surface area contributed by atoms with Gasteiger partial charge in [-0.3, -0.25) is 0 Å². The van der Waals surface area contributed by atoms with E-state index in [1.165, 1.54) is 24.3 Å². The average Bonchev–Trinajstić information content (AvgIpc) is 3.62. The molecule has 0 bridgehead atoms. The molecule has 0 radical (unpaired) electrons. The van der Waals surface area contributed by atoms with Gasteiger partial charge >= 0.3 is 0 Å². The van der Waals surface area contributed by atoms with Gasteiger partial charge in [-0.2, -0.15) is 4.58 Å². The van der Waals surface area contributed by atoms with Crippen molar-refractivity contribution in [2.24, 2.45) is 4.99 Å². The third kappa shape index (κ3) is 8.21. The molecule has 0 fully saturated rings. The molecule has 0 saturated heterocycles. The summed E-state index contributed by atoms with van der Waals surface area (Å²) in [6, 6.07) is 25.1. The number of benzene rings is 5. The monoisotopic (exact) mass is 912 g/mol. The fourth-order valence-corrected chi connectivity index (χ4v) is 11.0. The molecule has 0 atom stereocenters. The molecule has 330 valence electrons. The zero-order valence-corrected chi connectivity index (χ0v) is 39.2. The van der Waals surface area contributed by atoms with Gasteiger partial charge in [-0.25, -0.2) is 21.8 Å². The fraction of sp³-hybridized carbons (Fsp3) is 0.294. The summed E-state index contributed by atoms with van der Waals surface area (Å²) in [5.41, 5.74) is 8.68. The highest BCUT2D eigenvalue weighted by Gasteiger charge is 2.45. The Morgan fingerprint density at radius 3 is 2.05 bits per heavy atom. The predicted molar refractivity (Wildman–Crippen MR) is 255 cm³/mol. The number of allylic oxidation sites excluding steroid dienone is 7. The van der Waals surface area contributed by atoms with E-state index in [-0.39, 0.29) is 9.79 Å². The summed E-state index contributed by atoms with van der Waals surface area (Å²) < 4.78 is 80.7. The number of hydrogen-bond acceptors (Lipinski definition) is 10. The third-order valence-electron chi connectivity index (χ3n) is 12.9. The molecule has 5 aromatic carbocycles. The van der Waals surface area contributed by atoms with E-state index in [1.807, 2.05) is 48.5 Å². The zero-order valence-electron chi connectivity index (χ0n) is 36.8. The van der Waals surface area contributed by atoms with Crippen molar-refractivity contribution < 1.29 is 35.3 Å². The van der Waals surface area contributed by atoms with Crippen LogP contribution in [0.2, 0.25) is 0 Å². The Morgan fingerprint density at radius 2 is 1.44 bits per heavy atom. The summed E-state index contributed by atoms with van der Waals surface area (Å²) in [6.45, 7) is 14.9. The maximum atomic E-state index is 11.9. The maximum absolute atomic E-state index is 11.9. The summed E-state index contributed by atoms with van der Waals surface area (Å²) in [5, 5.41) is 5.63. The van der Waals surface area contributed by atoms with Gasteiger partial charge in [-0.05, 0) is 170 Å². The van der Waals surface area contributed by atoms with Gasteiger partial charge in [0.05, 0.1) is 26.9 Å². The van der Waals surface area contributed by atoms with E-state index < -0.39 is 31.1 Å². The van der Waals surface area contributed by atoms with Crippen LogP contribution in [0.3, 0.4) is 0 Å². The van der Waals surface area contributed by atoms with E-state index in [1.54, 1.807) is 12.1 Å². The Balaban J connectivity index is 1.22. The predicted octanol–water partition coefficient (Wildman–Crippen LogP) is 10.5. The highest BCUT2D eigenvalue weighted by Crippen LogP contribution is 2.51. The molecule has 3 aliphatic rings. The summed E-state index contributed by atoms with van der Waals surface area (Å²) in [5.74, 6) is 1.50. The molecule has 0 N–H and O–H groups in total. The molecule has 0 spiro atoms. The van der Waals surface area contributed by atoms with Crippen LogP contribution in [0.15, 0.2) is 147 Å². The van der Waals surface area contributed by atoms with Crippen LogP contribution in [0.4, 0.5) is 11.4 Å². The molecule has 5 aromatic rings. The van der Waals surface area contributed by atoms with Crippen molar-refractivity contribution >= 4 is 76.2 Å².